The van der Waals surface area contributed by atoms with E-state index < -0.39 is 0 Å². The minimum absolute atomic E-state index is 0.294. The predicted octanol–water partition coefficient (Wildman–Crippen LogP) is 3.50. The third-order valence-electron chi connectivity index (χ3n) is 3.19. The van der Waals surface area contributed by atoms with E-state index in [2.05, 4.69) is 11.0 Å². The first-order chi connectivity index (χ1) is 10.6. The number of carbonyl (C=O) groups excluding carboxylic acids is 1. The minimum atomic E-state index is -0.330. The maximum absolute atomic E-state index is 11.8. The van der Waals surface area contributed by atoms with E-state index in [0.717, 1.165) is 17.7 Å². The molecule has 0 aromatic heterocycles. The predicted molar refractivity (Wildman–Crippen MR) is 89.1 cm³/mol. The molecule has 0 aliphatic heterocycles. The third kappa shape index (κ3) is 5.19. The Hall–Kier alpha value is -2.39. The lowest BCUT2D eigenvalue weighted by Crippen LogP contribution is -2.13. The van der Waals surface area contributed by atoms with Gasteiger partial charge in [0.2, 0.25) is 0 Å². The first kappa shape index (κ1) is 16.0. The number of esters is 1. The molecule has 0 radical (unpaired) electrons. The maximum Gasteiger partial charge on any atom is 0.331 e. The van der Waals surface area contributed by atoms with Crippen molar-refractivity contribution in [1.29, 1.82) is 0 Å². The maximum atomic E-state index is 11.8. The molecule has 22 heavy (non-hydrogen) atoms. The molecule has 0 fully saturated rings. The van der Waals surface area contributed by atoms with Crippen LogP contribution in [0.15, 0.2) is 60.7 Å². The Morgan fingerprint density at radius 2 is 1.64 bits per heavy atom. The van der Waals surface area contributed by atoms with Gasteiger partial charge in [0.1, 0.15) is 6.61 Å². The van der Waals surface area contributed by atoms with Gasteiger partial charge in [-0.3, -0.25) is 0 Å². The molecular weight excluding hydrogens is 274 g/mol. The summed E-state index contributed by atoms with van der Waals surface area (Å²) in [6.45, 7) is 1.12. The summed E-state index contributed by atoms with van der Waals surface area (Å²) in [5, 5.41) is 0. The van der Waals surface area contributed by atoms with Gasteiger partial charge in [0, 0.05) is 12.6 Å². The molecule has 0 aliphatic rings. The number of rotatable bonds is 6. The van der Waals surface area contributed by atoms with Crippen molar-refractivity contribution in [2.24, 2.45) is 0 Å². The second-order valence-electron chi connectivity index (χ2n) is 5.36. The topological polar surface area (TPSA) is 29.5 Å². The van der Waals surface area contributed by atoms with Gasteiger partial charge < -0.3 is 9.64 Å². The number of hydrogen-bond acceptors (Lipinski definition) is 3. The van der Waals surface area contributed by atoms with Crippen molar-refractivity contribution in [3.8, 4) is 0 Å². The van der Waals surface area contributed by atoms with Gasteiger partial charge in [0.25, 0.3) is 0 Å². The van der Waals surface area contributed by atoms with Gasteiger partial charge >= 0.3 is 5.97 Å². The lowest BCUT2D eigenvalue weighted by atomic mass is 10.1. The van der Waals surface area contributed by atoms with E-state index in [1.165, 1.54) is 11.6 Å². The van der Waals surface area contributed by atoms with Crippen LogP contribution in [0, 0.1) is 0 Å². The van der Waals surface area contributed by atoms with Crippen molar-refractivity contribution in [3.63, 3.8) is 0 Å². The molecule has 114 valence electrons. The Bertz CT molecular complexity index is 633. The zero-order valence-corrected chi connectivity index (χ0v) is 13.0. The molecule has 0 atom stereocenters. The van der Waals surface area contributed by atoms with Crippen LogP contribution in [0.3, 0.4) is 0 Å². The summed E-state index contributed by atoms with van der Waals surface area (Å²) < 4.78 is 5.33. The second kappa shape index (κ2) is 8.15. The standard InChI is InChI=1S/C19H21NO2/c1-20(2)14-17-10-6-7-11-18(17)15-22-19(21)13-12-16-8-4-3-5-9-16/h3-13H,14-15H2,1-2H3/b13-12+. The molecule has 2 aromatic rings. The average molecular weight is 295 g/mol. The largest absolute Gasteiger partial charge is 0.458 e. The zero-order valence-electron chi connectivity index (χ0n) is 13.0. The highest BCUT2D eigenvalue weighted by molar-refractivity contribution is 5.87. The van der Waals surface area contributed by atoms with Crippen molar-refractivity contribution in [2.45, 2.75) is 13.2 Å². The van der Waals surface area contributed by atoms with Crippen molar-refractivity contribution < 1.29 is 9.53 Å². The lowest BCUT2D eigenvalue weighted by molar-refractivity contribution is -0.138. The van der Waals surface area contributed by atoms with Gasteiger partial charge in [0.15, 0.2) is 0 Å². The highest BCUT2D eigenvalue weighted by atomic mass is 16.5. The fourth-order valence-electron chi connectivity index (χ4n) is 2.12. The summed E-state index contributed by atoms with van der Waals surface area (Å²) in [4.78, 5) is 13.9. The third-order valence-corrected chi connectivity index (χ3v) is 3.19. The fourth-order valence-corrected chi connectivity index (χ4v) is 2.12. The summed E-state index contributed by atoms with van der Waals surface area (Å²) >= 11 is 0. The van der Waals surface area contributed by atoms with Crippen LogP contribution in [-0.2, 0) is 22.7 Å². The van der Waals surface area contributed by atoms with Crippen molar-refractivity contribution >= 4 is 12.0 Å². The van der Waals surface area contributed by atoms with E-state index in [1.807, 2.05) is 62.6 Å². The Balaban J connectivity index is 1.93. The molecule has 0 spiro atoms. The van der Waals surface area contributed by atoms with Crippen LogP contribution in [-0.4, -0.2) is 25.0 Å². The molecule has 2 rings (SSSR count). The Morgan fingerprint density at radius 1 is 1.00 bits per heavy atom. The van der Waals surface area contributed by atoms with Gasteiger partial charge in [0.05, 0.1) is 0 Å². The van der Waals surface area contributed by atoms with E-state index in [1.54, 1.807) is 6.08 Å². The lowest BCUT2D eigenvalue weighted by Gasteiger charge is -2.13. The van der Waals surface area contributed by atoms with Crippen LogP contribution >= 0.6 is 0 Å². The normalized spacial score (nSPS) is 11.0. The summed E-state index contributed by atoms with van der Waals surface area (Å²) in [7, 11) is 4.04. The summed E-state index contributed by atoms with van der Waals surface area (Å²) in [6.07, 6.45) is 3.22. The Morgan fingerprint density at radius 3 is 2.32 bits per heavy atom. The smallest absolute Gasteiger partial charge is 0.331 e. The van der Waals surface area contributed by atoms with E-state index in [0.29, 0.717) is 6.61 Å². The first-order valence-corrected chi connectivity index (χ1v) is 7.26. The highest BCUT2D eigenvalue weighted by Crippen LogP contribution is 2.12. The number of benzene rings is 2. The molecule has 0 unspecified atom stereocenters. The molecule has 0 N–H and O–H groups in total. The van der Waals surface area contributed by atoms with Crippen molar-refractivity contribution in [2.75, 3.05) is 14.1 Å². The number of hydrogen-bond donors (Lipinski definition) is 0. The van der Waals surface area contributed by atoms with E-state index in [4.69, 9.17) is 4.74 Å². The summed E-state index contributed by atoms with van der Waals surface area (Å²) in [5.41, 5.74) is 3.19. The highest BCUT2D eigenvalue weighted by Gasteiger charge is 2.05. The number of carbonyl (C=O) groups is 1. The SMILES string of the molecule is CN(C)Cc1ccccc1COC(=O)/C=C/c1ccccc1. The molecule has 0 saturated carbocycles. The average Bonchev–Trinajstić information content (AvgIpc) is 2.52. The number of nitrogens with zero attached hydrogens (tertiary/aromatic N) is 1. The van der Waals surface area contributed by atoms with Gasteiger partial charge in [-0.2, -0.15) is 0 Å². The second-order valence-corrected chi connectivity index (χ2v) is 5.36. The molecule has 2 aromatic carbocycles. The van der Waals surface area contributed by atoms with E-state index in [9.17, 15) is 4.79 Å². The van der Waals surface area contributed by atoms with Crippen molar-refractivity contribution in [3.05, 3.63) is 77.4 Å². The van der Waals surface area contributed by atoms with Crippen molar-refractivity contribution in [1.82, 2.24) is 4.90 Å². The Labute approximate surface area is 131 Å². The van der Waals surface area contributed by atoms with E-state index in [-0.39, 0.29) is 5.97 Å². The van der Waals surface area contributed by atoms with Crippen LogP contribution in [0.2, 0.25) is 0 Å². The van der Waals surface area contributed by atoms with Gasteiger partial charge in [-0.05, 0) is 36.9 Å². The van der Waals surface area contributed by atoms with Gasteiger partial charge in [-0.1, -0.05) is 54.6 Å². The summed E-state index contributed by atoms with van der Waals surface area (Å²) in [6, 6.07) is 17.7. The molecule has 0 saturated heterocycles. The fraction of sp³-hybridized carbons (Fsp3) is 0.211. The van der Waals surface area contributed by atoms with E-state index >= 15 is 0 Å². The van der Waals surface area contributed by atoms with Crippen LogP contribution < -0.4 is 0 Å². The van der Waals surface area contributed by atoms with Gasteiger partial charge in [-0.15, -0.1) is 0 Å². The minimum Gasteiger partial charge on any atom is -0.458 e. The first-order valence-electron chi connectivity index (χ1n) is 7.26. The van der Waals surface area contributed by atoms with Gasteiger partial charge in [-0.25, -0.2) is 4.79 Å². The number of ether oxygens (including phenoxy) is 1. The molecular formula is C19H21NO2. The molecule has 0 aliphatic carbocycles. The molecule has 0 bridgehead atoms. The van der Waals surface area contributed by atoms with Crippen LogP contribution in [0.5, 0.6) is 0 Å². The van der Waals surface area contributed by atoms with Crippen LogP contribution in [0.1, 0.15) is 16.7 Å². The monoisotopic (exact) mass is 295 g/mol. The molecule has 0 heterocycles. The summed E-state index contributed by atoms with van der Waals surface area (Å²) in [5.74, 6) is -0.330. The molecule has 3 nitrogen and oxygen atoms in total. The molecule has 3 heteroatoms. The Kier molecular flexibility index (Phi) is 5.92. The van der Waals surface area contributed by atoms with Crippen LogP contribution in [0.4, 0.5) is 0 Å². The molecule has 0 amide bonds. The quantitative estimate of drug-likeness (QED) is 0.603. The zero-order chi connectivity index (χ0) is 15.8. The van der Waals surface area contributed by atoms with Crippen LogP contribution in [0.25, 0.3) is 6.08 Å².